The van der Waals surface area contributed by atoms with Crippen LogP contribution in [0.2, 0.25) is 0 Å². The second-order valence-corrected chi connectivity index (χ2v) is 6.08. The third-order valence-corrected chi connectivity index (χ3v) is 4.27. The van der Waals surface area contributed by atoms with Crippen molar-refractivity contribution in [2.45, 2.75) is 24.4 Å². The van der Waals surface area contributed by atoms with Gasteiger partial charge in [-0.25, -0.2) is 4.98 Å². The molecular formula is C17H19N3OS. The van der Waals surface area contributed by atoms with Gasteiger partial charge in [-0.15, -0.1) is 0 Å². The zero-order valence-corrected chi connectivity index (χ0v) is 13.2. The van der Waals surface area contributed by atoms with Crippen molar-refractivity contribution in [1.82, 2.24) is 15.0 Å². The summed E-state index contributed by atoms with van der Waals surface area (Å²) in [5, 5.41) is 1.01. The number of thioether (sulfide) groups is 1. The summed E-state index contributed by atoms with van der Waals surface area (Å²) in [7, 11) is 0. The number of aromatic amines is 1. The van der Waals surface area contributed by atoms with Crippen LogP contribution in [0.15, 0.2) is 53.9 Å². The van der Waals surface area contributed by atoms with E-state index in [4.69, 9.17) is 4.74 Å². The topological polar surface area (TPSA) is 50.8 Å². The molecule has 0 saturated carbocycles. The van der Waals surface area contributed by atoms with Crippen LogP contribution >= 0.6 is 11.8 Å². The lowest BCUT2D eigenvalue weighted by atomic mass is 10.3. The maximum absolute atomic E-state index is 5.65. The number of rotatable bonds is 8. The minimum Gasteiger partial charge on any atom is -0.493 e. The van der Waals surface area contributed by atoms with E-state index in [0.717, 1.165) is 47.1 Å². The summed E-state index contributed by atoms with van der Waals surface area (Å²) in [5.41, 5.74) is 2.14. The first-order chi connectivity index (χ1) is 10.9. The van der Waals surface area contributed by atoms with E-state index in [0.29, 0.717) is 0 Å². The normalized spacial score (nSPS) is 10.9. The molecule has 0 aliphatic heterocycles. The number of fused-ring (bicyclic) bond motifs is 1. The van der Waals surface area contributed by atoms with Crippen LogP contribution in [0.25, 0.3) is 11.0 Å². The molecule has 22 heavy (non-hydrogen) atoms. The van der Waals surface area contributed by atoms with Crippen molar-refractivity contribution in [3.63, 3.8) is 0 Å². The van der Waals surface area contributed by atoms with Gasteiger partial charge in [-0.05, 0) is 43.5 Å². The smallest absolute Gasteiger partial charge is 0.166 e. The summed E-state index contributed by atoms with van der Waals surface area (Å²) in [6.07, 6.45) is 6.90. The fourth-order valence-corrected chi connectivity index (χ4v) is 3.06. The Morgan fingerprint density at radius 2 is 1.86 bits per heavy atom. The second-order valence-electron chi connectivity index (χ2n) is 5.00. The van der Waals surface area contributed by atoms with Crippen LogP contribution in [-0.2, 0) is 0 Å². The van der Waals surface area contributed by atoms with Crippen molar-refractivity contribution in [3.05, 3.63) is 48.8 Å². The maximum Gasteiger partial charge on any atom is 0.166 e. The number of para-hydroxylation sites is 2. The van der Waals surface area contributed by atoms with Gasteiger partial charge in [0.05, 0.1) is 17.6 Å². The molecule has 3 aromatic rings. The standard InChI is InChI=1S/C17H19N3OS/c1(4-12-21-14-8-10-18-11-9-14)5-13-22-17-19-15-6-2-3-7-16(15)20-17/h2-3,6-11H,1,4-5,12-13H2,(H,19,20). The first kappa shape index (κ1) is 14.9. The largest absolute Gasteiger partial charge is 0.493 e. The lowest BCUT2D eigenvalue weighted by Crippen LogP contribution is -1.97. The summed E-state index contributed by atoms with van der Waals surface area (Å²) in [6.45, 7) is 0.763. The van der Waals surface area contributed by atoms with Crippen LogP contribution in [0.5, 0.6) is 5.75 Å². The summed E-state index contributed by atoms with van der Waals surface area (Å²) in [5.74, 6) is 1.97. The van der Waals surface area contributed by atoms with Crippen LogP contribution in [0.4, 0.5) is 0 Å². The van der Waals surface area contributed by atoms with Crippen LogP contribution in [0, 0.1) is 0 Å². The summed E-state index contributed by atoms with van der Waals surface area (Å²) < 4.78 is 5.65. The highest BCUT2D eigenvalue weighted by molar-refractivity contribution is 7.99. The molecule has 0 aliphatic carbocycles. The van der Waals surface area contributed by atoms with E-state index in [-0.39, 0.29) is 0 Å². The third kappa shape index (κ3) is 4.24. The SMILES string of the molecule is c1ccc2[nH]c(SCCCCCOc3ccncc3)nc2c1. The highest BCUT2D eigenvalue weighted by Crippen LogP contribution is 2.20. The molecule has 114 valence electrons. The Kier molecular flexibility index (Phi) is 5.32. The van der Waals surface area contributed by atoms with Gasteiger partial charge in [0.1, 0.15) is 5.75 Å². The molecule has 0 radical (unpaired) electrons. The predicted octanol–water partition coefficient (Wildman–Crippen LogP) is 4.30. The number of hydrogen-bond donors (Lipinski definition) is 1. The number of imidazole rings is 1. The van der Waals surface area contributed by atoms with E-state index in [1.165, 1.54) is 6.42 Å². The van der Waals surface area contributed by atoms with Crippen molar-refractivity contribution >= 4 is 22.8 Å². The first-order valence-corrected chi connectivity index (χ1v) is 8.51. The molecule has 1 N–H and O–H groups in total. The van der Waals surface area contributed by atoms with Crippen LogP contribution in [0.1, 0.15) is 19.3 Å². The number of benzene rings is 1. The summed E-state index contributed by atoms with van der Waals surface area (Å²) in [4.78, 5) is 11.9. The Labute approximate surface area is 134 Å². The Hall–Kier alpha value is -2.01. The molecule has 0 amide bonds. The van der Waals surface area contributed by atoms with Gasteiger partial charge in [0, 0.05) is 18.1 Å². The monoisotopic (exact) mass is 313 g/mol. The average molecular weight is 313 g/mol. The lowest BCUT2D eigenvalue weighted by Gasteiger charge is -2.05. The Bertz CT molecular complexity index is 666. The lowest BCUT2D eigenvalue weighted by molar-refractivity contribution is 0.306. The number of ether oxygens (including phenoxy) is 1. The molecule has 4 nitrogen and oxygen atoms in total. The number of pyridine rings is 1. The molecule has 1 aromatic carbocycles. The van der Waals surface area contributed by atoms with Crippen LogP contribution < -0.4 is 4.74 Å². The van der Waals surface area contributed by atoms with Gasteiger partial charge in [-0.1, -0.05) is 23.9 Å². The van der Waals surface area contributed by atoms with Crippen molar-refractivity contribution in [2.24, 2.45) is 0 Å². The van der Waals surface area contributed by atoms with Gasteiger partial charge in [0.2, 0.25) is 0 Å². The zero-order valence-electron chi connectivity index (χ0n) is 12.4. The van der Waals surface area contributed by atoms with Crippen molar-refractivity contribution in [1.29, 1.82) is 0 Å². The van der Waals surface area contributed by atoms with Gasteiger partial charge in [0.25, 0.3) is 0 Å². The van der Waals surface area contributed by atoms with Gasteiger partial charge in [-0.3, -0.25) is 4.98 Å². The van der Waals surface area contributed by atoms with Crippen molar-refractivity contribution in [2.75, 3.05) is 12.4 Å². The maximum atomic E-state index is 5.65. The highest BCUT2D eigenvalue weighted by Gasteiger charge is 2.02. The number of H-pyrrole nitrogens is 1. The molecule has 2 heterocycles. The molecule has 0 bridgehead atoms. The Morgan fingerprint density at radius 1 is 1.00 bits per heavy atom. The van der Waals surface area contributed by atoms with E-state index in [9.17, 15) is 0 Å². The molecule has 0 aliphatic rings. The Balaban J connectivity index is 1.30. The number of nitrogens with one attached hydrogen (secondary N) is 1. The number of unbranched alkanes of at least 4 members (excludes halogenated alkanes) is 2. The third-order valence-electron chi connectivity index (χ3n) is 3.31. The van der Waals surface area contributed by atoms with Gasteiger partial charge < -0.3 is 9.72 Å². The molecule has 0 atom stereocenters. The van der Waals surface area contributed by atoms with Crippen molar-refractivity contribution in [3.8, 4) is 5.75 Å². The number of aromatic nitrogens is 3. The van der Waals surface area contributed by atoms with Crippen LogP contribution in [0.3, 0.4) is 0 Å². The molecular weight excluding hydrogens is 294 g/mol. The predicted molar refractivity (Wildman–Crippen MR) is 90.4 cm³/mol. The number of hydrogen-bond acceptors (Lipinski definition) is 4. The van der Waals surface area contributed by atoms with Gasteiger partial charge in [0.15, 0.2) is 5.16 Å². The van der Waals surface area contributed by atoms with Gasteiger partial charge in [-0.2, -0.15) is 0 Å². The average Bonchev–Trinajstić information content (AvgIpc) is 2.97. The van der Waals surface area contributed by atoms with Crippen molar-refractivity contribution < 1.29 is 4.74 Å². The fraction of sp³-hybridized carbons (Fsp3) is 0.294. The second kappa shape index (κ2) is 7.84. The first-order valence-electron chi connectivity index (χ1n) is 7.52. The van der Waals surface area contributed by atoms with E-state index >= 15 is 0 Å². The van der Waals surface area contributed by atoms with E-state index in [1.54, 1.807) is 24.2 Å². The molecule has 3 rings (SSSR count). The minimum atomic E-state index is 0.763. The van der Waals surface area contributed by atoms with E-state index in [2.05, 4.69) is 21.0 Å². The molecule has 0 fully saturated rings. The van der Waals surface area contributed by atoms with Gasteiger partial charge >= 0.3 is 0 Å². The Morgan fingerprint density at radius 3 is 2.73 bits per heavy atom. The molecule has 2 aromatic heterocycles. The number of nitrogens with zero attached hydrogens (tertiary/aromatic N) is 2. The molecule has 5 heteroatoms. The zero-order chi connectivity index (χ0) is 15.0. The van der Waals surface area contributed by atoms with Crippen LogP contribution in [-0.4, -0.2) is 27.3 Å². The minimum absolute atomic E-state index is 0.763. The van der Waals surface area contributed by atoms with E-state index < -0.39 is 0 Å². The quantitative estimate of drug-likeness (QED) is 0.497. The molecule has 0 unspecified atom stereocenters. The molecule has 0 spiro atoms. The summed E-state index contributed by atoms with van der Waals surface area (Å²) >= 11 is 1.78. The van der Waals surface area contributed by atoms with E-state index in [1.807, 2.05) is 30.3 Å². The fourth-order valence-electron chi connectivity index (χ4n) is 2.17. The highest BCUT2D eigenvalue weighted by atomic mass is 32.2. The summed E-state index contributed by atoms with van der Waals surface area (Å²) in [6, 6.07) is 11.9. The molecule has 0 saturated heterocycles.